The number of imidazole rings is 1. The minimum atomic E-state index is 0.329. The highest BCUT2D eigenvalue weighted by molar-refractivity contribution is 5.64. The highest BCUT2D eigenvalue weighted by Crippen LogP contribution is 2.18. The number of hydrogen-bond acceptors (Lipinski definition) is 3. The Morgan fingerprint density at radius 2 is 2.41 bits per heavy atom. The van der Waals surface area contributed by atoms with E-state index in [2.05, 4.69) is 4.98 Å². The van der Waals surface area contributed by atoms with Crippen LogP contribution >= 0.6 is 0 Å². The van der Waals surface area contributed by atoms with Crippen LogP contribution in [0.4, 0.5) is 5.69 Å². The molecule has 17 heavy (non-hydrogen) atoms. The summed E-state index contributed by atoms with van der Waals surface area (Å²) in [6, 6.07) is 3.81. The van der Waals surface area contributed by atoms with Crippen molar-refractivity contribution in [2.75, 3.05) is 12.3 Å². The average Bonchev–Trinajstić information content (AvgIpc) is 2.74. The van der Waals surface area contributed by atoms with E-state index in [0.717, 1.165) is 36.5 Å². The van der Waals surface area contributed by atoms with Gasteiger partial charge in [0.05, 0.1) is 17.5 Å². The number of rotatable bonds is 2. The van der Waals surface area contributed by atoms with Crippen LogP contribution in [0.1, 0.15) is 25.0 Å². The molecule has 1 unspecified atom stereocenters. The summed E-state index contributed by atoms with van der Waals surface area (Å²) in [5, 5.41) is 0. The van der Waals surface area contributed by atoms with Crippen molar-refractivity contribution in [1.29, 1.82) is 0 Å². The first kappa shape index (κ1) is 10.6. The molecule has 1 saturated heterocycles. The summed E-state index contributed by atoms with van der Waals surface area (Å²) < 4.78 is 7.71. The number of hydrogen-bond donors (Lipinski definition) is 1. The Morgan fingerprint density at radius 1 is 1.47 bits per heavy atom. The summed E-state index contributed by atoms with van der Waals surface area (Å²) >= 11 is 0. The molecule has 0 spiro atoms. The van der Waals surface area contributed by atoms with Gasteiger partial charge in [-0.15, -0.1) is 0 Å². The van der Waals surface area contributed by atoms with Gasteiger partial charge in [0.15, 0.2) is 5.65 Å². The number of nitrogen functional groups attached to an aromatic ring is 1. The third-order valence-electron chi connectivity index (χ3n) is 3.27. The van der Waals surface area contributed by atoms with E-state index >= 15 is 0 Å². The second-order valence-corrected chi connectivity index (χ2v) is 4.62. The molecule has 1 aliphatic heterocycles. The molecule has 2 aromatic heterocycles. The van der Waals surface area contributed by atoms with E-state index in [1.165, 1.54) is 12.8 Å². The van der Waals surface area contributed by atoms with Gasteiger partial charge in [0, 0.05) is 25.4 Å². The first-order valence-electron chi connectivity index (χ1n) is 6.16. The van der Waals surface area contributed by atoms with Crippen molar-refractivity contribution in [3.8, 4) is 0 Å². The lowest BCUT2D eigenvalue weighted by Crippen LogP contribution is -2.21. The number of nitrogens with two attached hydrogens (primary N) is 1. The Bertz CT molecular complexity index is 514. The summed E-state index contributed by atoms with van der Waals surface area (Å²) in [5.74, 6) is 0. The monoisotopic (exact) mass is 231 g/mol. The molecule has 2 N–H and O–H groups in total. The molecule has 0 radical (unpaired) electrons. The van der Waals surface area contributed by atoms with E-state index in [0.29, 0.717) is 6.10 Å². The Labute approximate surface area is 100 Å². The summed E-state index contributed by atoms with van der Waals surface area (Å²) in [4.78, 5) is 4.56. The lowest BCUT2D eigenvalue weighted by Gasteiger charge is -2.21. The van der Waals surface area contributed by atoms with Crippen LogP contribution in [0.5, 0.6) is 0 Å². The van der Waals surface area contributed by atoms with Gasteiger partial charge in [0.1, 0.15) is 0 Å². The summed E-state index contributed by atoms with van der Waals surface area (Å²) in [5.41, 5.74) is 8.52. The number of pyridine rings is 1. The minimum Gasteiger partial charge on any atom is -0.396 e. The molecule has 1 atom stereocenters. The van der Waals surface area contributed by atoms with Crippen molar-refractivity contribution in [2.45, 2.75) is 31.8 Å². The van der Waals surface area contributed by atoms with E-state index in [4.69, 9.17) is 10.5 Å². The SMILES string of the molecule is Nc1cccn2cc(CC3CCCCO3)nc12. The molecule has 4 heteroatoms. The average molecular weight is 231 g/mol. The molecule has 2 aromatic rings. The van der Waals surface area contributed by atoms with Crippen molar-refractivity contribution in [3.63, 3.8) is 0 Å². The van der Waals surface area contributed by atoms with Crippen LogP contribution in [0, 0.1) is 0 Å². The lowest BCUT2D eigenvalue weighted by atomic mass is 10.1. The first-order valence-corrected chi connectivity index (χ1v) is 6.16. The van der Waals surface area contributed by atoms with E-state index < -0.39 is 0 Å². The third kappa shape index (κ3) is 2.13. The predicted octanol–water partition coefficient (Wildman–Crippen LogP) is 2.03. The van der Waals surface area contributed by atoms with E-state index in [-0.39, 0.29) is 0 Å². The standard InChI is InChI=1S/C13H17N3O/c14-12-5-3-6-16-9-10(15-13(12)16)8-11-4-1-2-7-17-11/h3,5-6,9,11H,1-2,4,7-8,14H2. The molecular formula is C13H17N3O. The Kier molecular flexibility index (Phi) is 2.73. The predicted molar refractivity (Wildman–Crippen MR) is 66.9 cm³/mol. The quantitative estimate of drug-likeness (QED) is 0.860. The van der Waals surface area contributed by atoms with E-state index in [9.17, 15) is 0 Å². The third-order valence-corrected chi connectivity index (χ3v) is 3.27. The second kappa shape index (κ2) is 4.37. The van der Waals surface area contributed by atoms with Gasteiger partial charge in [0.2, 0.25) is 0 Å². The van der Waals surface area contributed by atoms with Crippen molar-refractivity contribution < 1.29 is 4.74 Å². The van der Waals surface area contributed by atoms with Crippen molar-refractivity contribution in [1.82, 2.24) is 9.38 Å². The molecule has 90 valence electrons. The lowest BCUT2D eigenvalue weighted by molar-refractivity contribution is 0.0163. The zero-order valence-electron chi connectivity index (χ0n) is 9.80. The fourth-order valence-corrected chi connectivity index (χ4v) is 2.39. The summed E-state index contributed by atoms with van der Waals surface area (Å²) in [6.45, 7) is 0.889. The molecule has 0 amide bonds. The number of aromatic nitrogens is 2. The van der Waals surface area contributed by atoms with Gasteiger partial charge in [-0.25, -0.2) is 4.98 Å². The van der Waals surface area contributed by atoms with E-state index in [1.54, 1.807) is 0 Å². The molecule has 3 heterocycles. The van der Waals surface area contributed by atoms with Gasteiger partial charge >= 0.3 is 0 Å². The van der Waals surface area contributed by atoms with Crippen LogP contribution in [0.15, 0.2) is 24.5 Å². The van der Waals surface area contributed by atoms with Crippen molar-refractivity contribution in [3.05, 3.63) is 30.2 Å². The maximum atomic E-state index is 5.89. The maximum Gasteiger partial charge on any atom is 0.160 e. The summed E-state index contributed by atoms with van der Waals surface area (Å²) in [7, 11) is 0. The molecule has 4 nitrogen and oxygen atoms in total. The molecule has 0 saturated carbocycles. The van der Waals surface area contributed by atoms with Gasteiger partial charge in [-0.2, -0.15) is 0 Å². The van der Waals surface area contributed by atoms with E-state index in [1.807, 2.05) is 28.9 Å². The van der Waals surface area contributed by atoms with Crippen LogP contribution in [0.2, 0.25) is 0 Å². The van der Waals surface area contributed by atoms with Gasteiger partial charge in [-0.3, -0.25) is 0 Å². The fraction of sp³-hybridized carbons (Fsp3) is 0.462. The molecule has 0 aliphatic carbocycles. The fourth-order valence-electron chi connectivity index (χ4n) is 2.39. The second-order valence-electron chi connectivity index (χ2n) is 4.62. The Hall–Kier alpha value is -1.55. The largest absolute Gasteiger partial charge is 0.396 e. The number of ether oxygens (including phenoxy) is 1. The molecular weight excluding hydrogens is 214 g/mol. The number of anilines is 1. The molecule has 1 fully saturated rings. The highest BCUT2D eigenvalue weighted by Gasteiger charge is 2.16. The maximum absolute atomic E-state index is 5.89. The minimum absolute atomic E-state index is 0.329. The topological polar surface area (TPSA) is 52.5 Å². The van der Waals surface area contributed by atoms with Gasteiger partial charge in [-0.1, -0.05) is 0 Å². The van der Waals surface area contributed by atoms with Crippen LogP contribution in [0.3, 0.4) is 0 Å². The number of nitrogens with zero attached hydrogens (tertiary/aromatic N) is 2. The number of fused-ring (bicyclic) bond motifs is 1. The zero-order chi connectivity index (χ0) is 11.7. The first-order chi connectivity index (χ1) is 8.33. The van der Waals surface area contributed by atoms with Crippen molar-refractivity contribution in [2.24, 2.45) is 0 Å². The molecule has 0 bridgehead atoms. The van der Waals surface area contributed by atoms with Crippen LogP contribution in [-0.4, -0.2) is 22.1 Å². The smallest absolute Gasteiger partial charge is 0.160 e. The molecule has 3 rings (SSSR count). The zero-order valence-corrected chi connectivity index (χ0v) is 9.80. The normalized spacial score (nSPS) is 20.8. The Balaban J connectivity index is 1.83. The van der Waals surface area contributed by atoms with Crippen LogP contribution < -0.4 is 5.73 Å². The van der Waals surface area contributed by atoms with Gasteiger partial charge < -0.3 is 14.9 Å². The summed E-state index contributed by atoms with van der Waals surface area (Å²) in [6.07, 6.45) is 8.84. The highest BCUT2D eigenvalue weighted by atomic mass is 16.5. The van der Waals surface area contributed by atoms with Gasteiger partial charge in [0.25, 0.3) is 0 Å². The Morgan fingerprint density at radius 3 is 3.18 bits per heavy atom. The van der Waals surface area contributed by atoms with Crippen LogP contribution in [-0.2, 0) is 11.2 Å². The molecule has 1 aliphatic rings. The molecule has 0 aromatic carbocycles. The van der Waals surface area contributed by atoms with Gasteiger partial charge in [-0.05, 0) is 31.4 Å². The van der Waals surface area contributed by atoms with Crippen LogP contribution in [0.25, 0.3) is 5.65 Å². The van der Waals surface area contributed by atoms with Crippen molar-refractivity contribution >= 4 is 11.3 Å².